The Labute approximate surface area is 175 Å². The Hall–Kier alpha value is -3.45. The normalized spacial score (nSPS) is 13.7. The van der Waals surface area contributed by atoms with Crippen LogP contribution in [0.1, 0.15) is 15.9 Å². The molecule has 0 aliphatic carbocycles. The van der Waals surface area contributed by atoms with Gasteiger partial charge in [-0.3, -0.25) is 4.79 Å². The van der Waals surface area contributed by atoms with E-state index in [0.717, 1.165) is 41.5 Å². The van der Waals surface area contributed by atoms with Gasteiger partial charge in [0, 0.05) is 30.8 Å². The highest BCUT2D eigenvalue weighted by atomic mass is 16.5. The van der Waals surface area contributed by atoms with Crippen molar-refractivity contribution in [2.75, 3.05) is 38.3 Å². The first kappa shape index (κ1) is 19.8. The van der Waals surface area contributed by atoms with Gasteiger partial charge >= 0.3 is 0 Å². The van der Waals surface area contributed by atoms with Crippen molar-refractivity contribution in [3.05, 3.63) is 71.8 Å². The van der Waals surface area contributed by atoms with Crippen LogP contribution >= 0.6 is 0 Å². The summed E-state index contributed by atoms with van der Waals surface area (Å²) in [7, 11) is 1.63. The molecular weight excluding hydrogens is 380 g/mol. The topological polar surface area (TPSA) is 76.6 Å². The predicted octanol–water partition coefficient (Wildman–Crippen LogP) is 2.92. The van der Waals surface area contributed by atoms with Crippen molar-refractivity contribution < 1.29 is 14.3 Å². The zero-order valence-electron chi connectivity index (χ0n) is 16.9. The SMILES string of the molecule is COc1ccc(CNC(=O)c2cccc(-c3ccc(N4CCOCC4)nn3)c2)cc1. The smallest absolute Gasteiger partial charge is 0.251 e. The van der Waals surface area contributed by atoms with Crippen LogP contribution in [0.2, 0.25) is 0 Å². The van der Waals surface area contributed by atoms with Crippen molar-refractivity contribution >= 4 is 11.7 Å². The number of benzene rings is 2. The first-order chi connectivity index (χ1) is 14.7. The van der Waals surface area contributed by atoms with E-state index in [2.05, 4.69) is 20.4 Å². The number of anilines is 1. The van der Waals surface area contributed by atoms with Crippen molar-refractivity contribution in [2.45, 2.75) is 6.54 Å². The van der Waals surface area contributed by atoms with Crippen LogP contribution in [0.5, 0.6) is 5.75 Å². The summed E-state index contributed by atoms with van der Waals surface area (Å²) in [6.07, 6.45) is 0. The van der Waals surface area contributed by atoms with Crippen LogP contribution in [-0.2, 0) is 11.3 Å². The Morgan fingerprint density at radius 1 is 1.07 bits per heavy atom. The first-order valence-electron chi connectivity index (χ1n) is 9.91. The second-order valence-corrected chi connectivity index (χ2v) is 6.99. The number of ether oxygens (including phenoxy) is 2. The minimum Gasteiger partial charge on any atom is -0.497 e. The van der Waals surface area contributed by atoms with Crippen LogP contribution in [0.15, 0.2) is 60.7 Å². The van der Waals surface area contributed by atoms with E-state index in [-0.39, 0.29) is 5.91 Å². The molecule has 7 heteroatoms. The third-order valence-corrected chi connectivity index (χ3v) is 5.02. The van der Waals surface area contributed by atoms with Crippen molar-refractivity contribution in [2.24, 2.45) is 0 Å². The highest BCUT2D eigenvalue weighted by Gasteiger charge is 2.13. The predicted molar refractivity (Wildman–Crippen MR) is 115 cm³/mol. The Bertz CT molecular complexity index is 984. The van der Waals surface area contributed by atoms with E-state index in [1.54, 1.807) is 13.2 Å². The van der Waals surface area contributed by atoms with Crippen LogP contribution in [0.3, 0.4) is 0 Å². The maximum Gasteiger partial charge on any atom is 0.251 e. The van der Waals surface area contributed by atoms with E-state index < -0.39 is 0 Å². The fraction of sp³-hybridized carbons (Fsp3) is 0.261. The molecule has 1 aliphatic rings. The largest absolute Gasteiger partial charge is 0.497 e. The molecule has 1 amide bonds. The molecule has 30 heavy (non-hydrogen) atoms. The molecule has 0 spiro atoms. The van der Waals surface area contributed by atoms with E-state index in [9.17, 15) is 4.79 Å². The van der Waals surface area contributed by atoms with Gasteiger partial charge in [0.15, 0.2) is 5.82 Å². The van der Waals surface area contributed by atoms with Gasteiger partial charge in [-0.25, -0.2) is 0 Å². The van der Waals surface area contributed by atoms with Gasteiger partial charge < -0.3 is 19.7 Å². The fourth-order valence-electron chi connectivity index (χ4n) is 3.29. The molecule has 7 nitrogen and oxygen atoms in total. The van der Waals surface area contributed by atoms with E-state index in [1.165, 1.54) is 0 Å². The van der Waals surface area contributed by atoms with E-state index in [1.807, 2.05) is 54.6 Å². The average molecular weight is 404 g/mol. The molecule has 1 aromatic heterocycles. The van der Waals surface area contributed by atoms with Gasteiger partial charge in [0.05, 0.1) is 26.0 Å². The third-order valence-electron chi connectivity index (χ3n) is 5.02. The van der Waals surface area contributed by atoms with Crippen LogP contribution < -0.4 is 15.0 Å². The third kappa shape index (κ3) is 4.75. The summed E-state index contributed by atoms with van der Waals surface area (Å²) in [6, 6.07) is 18.9. The Kier molecular flexibility index (Phi) is 6.20. The summed E-state index contributed by atoms with van der Waals surface area (Å²) in [5, 5.41) is 11.7. The number of methoxy groups -OCH3 is 1. The van der Waals surface area contributed by atoms with Crippen molar-refractivity contribution in [1.82, 2.24) is 15.5 Å². The molecule has 2 heterocycles. The molecule has 1 N–H and O–H groups in total. The molecule has 0 bridgehead atoms. The van der Waals surface area contributed by atoms with Crippen LogP contribution in [0.25, 0.3) is 11.3 Å². The summed E-state index contributed by atoms with van der Waals surface area (Å²) in [5.41, 5.74) is 3.18. The van der Waals surface area contributed by atoms with Gasteiger partial charge in [-0.05, 0) is 42.0 Å². The monoisotopic (exact) mass is 404 g/mol. The summed E-state index contributed by atoms with van der Waals surface area (Å²) >= 11 is 0. The average Bonchev–Trinajstić information content (AvgIpc) is 2.83. The molecule has 0 unspecified atom stereocenters. The van der Waals surface area contributed by atoms with E-state index in [4.69, 9.17) is 9.47 Å². The summed E-state index contributed by atoms with van der Waals surface area (Å²) in [6.45, 7) is 3.49. The molecule has 0 saturated carbocycles. The van der Waals surface area contributed by atoms with Gasteiger partial charge in [0.1, 0.15) is 5.75 Å². The molecular formula is C23H24N4O3. The maximum absolute atomic E-state index is 12.6. The number of rotatable bonds is 6. The minimum absolute atomic E-state index is 0.134. The van der Waals surface area contributed by atoms with Gasteiger partial charge in [0.2, 0.25) is 0 Å². The zero-order valence-corrected chi connectivity index (χ0v) is 16.9. The van der Waals surface area contributed by atoms with Gasteiger partial charge in [0.25, 0.3) is 5.91 Å². The van der Waals surface area contributed by atoms with E-state index >= 15 is 0 Å². The number of carbonyl (C=O) groups excluding carboxylic acids is 1. The lowest BCUT2D eigenvalue weighted by molar-refractivity contribution is 0.0951. The molecule has 1 aliphatic heterocycles. The Morgan fingerprint density at radius 2 is 1.87 bits per heavy atom. The standard InChI is InChI=1S/C23H24N4O3/c1-29-20-7-5-17(6-8-20)16-24-23(28)19-4-2-3-18(15-19)21-9-10-22(26-25-21)27-11-13-30-14-12-27/h2-10,15H,11-14,16H2,1H3,(H,24,28). The molecule has 4 rings (SSSR count). The summed E-state index contributed by atoms with van der Waals surface area (Å²) in [5.74, 6) is 1.50. The molecule has 0 radical (unpaired) electrons. The molecule has 1 saturated heterocycles. The van der Waals surface area contributed by atoms with Crippen molar-refractivity contribution in [1.29, 1.82) is 0 Å². The number of nitrogens with one attached hydrogen (secondary N) is 1. The Balaban J connectivity index is 1.41. The molecule has 154 valence electrons. The molecule has 3 aromatic rings. The lowest BCUT2D eigenvalue weighted by atomic mass is 10.1. The second kappa shape index (κ2) is 9.37. The number of hydrogen-bond donors (Lipinski definition) is 1. The lowest BCUT2D eigenvalue weighted by Gasteiger charge is -2.27. The summed E-state index contributed by atoms with van der Waals surface area (Å²) < 4.78 is 10.5. The number of morpholine rings is 1. The maximum atomic E-state index is 12.6. The van der Waals surface area contributed by atoms with Crippen molar-refractivity contribution in [3.63, 3.8) is 0 Å². The van der Waals surface area contributed by atoms with Crippen molar-refractivity contribution in [3.8, 4) is 17.0 Å². The van der Waals surface area contributed by atoms with Gasteiger partial charge in [-0.1, -0.05) is 24.3 Å². The quantitative estimate of drug-likeness (QED) is 0.681. The van der Waals surface area contributed by atoms with Gasteiger partial charge in [-0.2, -0.15) is 0 Å². The number of nitrogens with zero attached hydrogens (tertiary/aromatic N) is 3. The fourth-order valence-corrected chi connectivity index (χ4v) is 3.29. The van der Waals surface area contributed by atoms with Crippen LogP contribution in [0.4, 0.5) is 5.82 Å². The number of aromatic nitrogens is 2. The summed E-state index contributed by atoms with van der Waals surface area (Å²) in [4.78, 5) is 14.8. The van der Waals surface area contributed by atoms with Gasteiger partial charge in [-0.15, -0.1) is 10.2 Å². The second-order valence-electron chi connectivity index (χ2n) is 6.99. The number of amides is 1. The highest BCUT2D eigenvalue weighted by Crippen LogP contribution is 2.20. The number of carbonyl (C=O) groups is 1. The Morgan fingerprint density at radius 3 is 2.57 bits per heavy atom. The van der Waals surface area contributed by atoms with Crippen LogP contribution in [-0.4, -0.2) is 49.5 Å². The van der Waals surface area contributed by atoms with E-state index in [0.29, 0.717) is 25.3 Å². The zero-order chi connectivity index (χ0) is 20.8. The number of hydrogen-bond acceptors (Lipinski definition) is 6. The molecule has 2 aromatic carbocycles. The molecule has 0 atom stereocenters. The minimum atomic E-state index is -0.134. The first-order valence-corrected chi connectivity index (χ1v) is 9.91. The lowest BCUT2D eigenvalue weighted by Crippen LogP contribution is -2.36. The van der Waals surface area contributed by atoms with Crippen LogP contribution in [0, 0.1) is 0 Å². The molecule has 1 fully saturated rings. The highest BCUT2D eigenvalue weighted by molar-refractivity contribution is 5.95.